The molecule has 3 rings (SSSR count). The van der Waals surface area contributed by atoms with Crippen molar-refractivity contribution in [3.8, 4) is 11.5 Å². The van der Waals surface area contributed by atoms with Gasteiger partial charge in [-0.05, 0) is 48.7 Å². The Bertz CT molecular complexity index is 784. The number of thioether (sulfide) groups is 1. The van der Waals surface area contributed by atoms with E-state index in [1.165, 1.54) is 43.5 Å². The van der Waals surface area contributed by atoms with Crippen LogP contribution >= 0.6 is 11.8 Å². The van der Waals surface area contributed by atoms with Gasteiger partial charge in [-0.1, -0.05) is 0 Å². The molecule has 0 aromatic heterocycles. The molecule has 1 N–H and O–H groups in total. The van der Waals surface area contributed by atoms with Gasteiger partial charge in [0.05, 0.1) is 16.9 Å². The third-order valence-corrected chi connectivity index (χ3v) is 5.07. The van der Waals surface area contributed by atoms with Crippen LogP contribution in [0.1, 0.15) is 24.8 Å². The summed E-state index contributed by atoms with van der Waals surface area (Å²) in [5.41, 5.74) is -0.0777. The summed E-state index contributed by atoms with van der Waals surface area (Å²) in [6.07, 6.45) is 4.87. The standard InChI is InChI=1S/C16H17N3O5S/c1-24-12-8-10(7-11(14(12)20)19(22)23)9-13-15(21)17-16(25-13)18-5-3-2-4-6-18/h7-9,20H,2-6H2,1H3/b13-9-. The van der Waals surface area contributed by atoms with Gasteiger partial charge in [0, 0.05) is 19.2 Å². The second-order valence-corrected chi connectivity index (χ2v) is 6.71. The van der Waals surface area contributed by atoms with Gasteiger partial charge in [-0.3, -0.25) is 14.9 Å². The quantitative estimate of drug-likeness (QED) is 0.500. The summed E-state index contributed by atoms with van der Waals surface area (Å²) in [7, 11) is 1.31. The van der Waals surface area contributed by atoms with Crippen molar-refractivity contribution < 1.29 is 19.6 Å². The molecular formula is C16H17N3O5S. The van der Waals surface area contributed by atoms with E-state index in [9.17, 15) is 20.0 Å². The van der Waals surface area contributed by atoms with Crippen molar-refractivity contribution in [2.45, 2.75) is 19.3 Å². The van der Waals surface area contributed by atoms with Crippen molar-refractivity contribution in [3.63, 3.8) is 0 Å². The number of piperidine rings is 1. The number of aromatic hydroxyl groups is 1. The van der Waals surface area contributed by atoms with Crippen LogP contribution in [0.5, 0.6) is 11.5 Å². The van der Waals surface area contributed by atoms with Gasteiger partial charge < -0.3 is 14.7 Å². The summed E-state index contributed by atoms with van der Waals surface area (Å²) < 4.78 is 4.97. The van der Waals surface area contributed by atoms with Crippen molar-refractivity contribution in [2.75, 3.05) is 20.2 Å². The maximum Gasteiger partial charge on any atom is 0.315 e. The summed E-state index contributed by atoms with van der Waals surface area (Å²) in [5.74, 6) is -0.917. The van der Waals surface area contributed by atoms with Crippen molar-refractivity contribution >= 4 is 34.6 Å². The first-order valence-corrected chi connectivity index (χ1v) is 8.64. The Kier molecular flexibility index (Phi) is 4.93. The zero-order chi connectivity index (χ0) is 18.0. The highest BCUT2D eigenvalue weighted by molar-refractivity contribution is 8.18. The van der Waals surface area contributed by atoms with Crippen LogP contribution in [0.4, 0.5) is 5.69 Å². The number of likely N-dealkylation sites (tertiary alicyclic amines) is 1. The second-order valence-electron chi connectivity index (χ2n) is 5.71. The average molecular weight is 363 g/mol. The highest BCUT2D eigenvalue weighted by Gasteiger charge is 2.27. The largest absolute Gasteiger partial charge is 0.500 e. The normalized spacial score (nSPS) is 19.2. The summed E-state index contributed by atoms with van der Waals surface area (Å²) in [6.45, 7) is 1.76. The number of rotatable bonds is 3. The van der Waals surface area contributed by atoms with Crippen LogP contribution in [0.25, 0.3) is 6.08 Å². The lowest BCUT2D eigenvalue weighted by atomic mass is 10.1. The first-order chi connectivity index (χ1) is 12.0. The number of nitro groups is 1. The molecule has 1 aromatic rings. The molecule has 9 heteroatoms. The number of benzene rings is 1. The zero-order valence-electron chi connectivity index (χ0n) is 13.6. The maximum atomic E-state index is 12.2. The van der Waals surface area contributed by atoms with E-state index in [4.69, 9.17) is 4.74 Å². The fraction of sp³-hybridized carbons (Fsp3) is 0.375. The molecule has 1 amide bonds. The second kappa shape index (κ2) is 7.14. The van der Waals surface area contributed by atoms with E-state index in [1.807, 2.05) is 0 Å². The van der Waals surface area contributed by atoms with Gasteiger partial charge in [0.15, 0.2) is 10.9 Å². The molecule has 25 heavy (non-hydrogen) atoms. The average Bonchev–Trinajstić information content (AvgIpc) is 2.97. The highest BCUT2D eigenvalue weighted by Crippen LogP contribution is 2.39. The summed E-state index contributed by atoms with van der Waals surface area (Å²) in [5, 5.41) is 21.6. The molecule has 0 radical (unpaired) electrons. The summed E-state index contributed by atoms with van der Waals surface area (Å²) in [4.78, 5) is 29.1. The Balaban J connectivity index is 1.87. The van der Waals surface area contributed by atoms with Crippen LogP contribution in [0.2, 0.25) is 0 Å². The molecule has 0 unspecified atom stereocenters. The highest BCUT2D eigenvalue weighted by atomic mass is 32.2. The number of nitro benzene ring substituents is 1. The number of nitrogens with zero attached hydrogens (tertiary/aromatic N) is 3. The Morgan fingerprint density at radius 3 is 2.72 bits per heavy atom. The zero-order valence-corrected chi connectivity index (χ0v) is 14.4. The number of phenolic OH excluding ortho intramolecular Hbond substituents is 1. The van der Waals surface area contributed by atoms with Crippen LogP contribution in [0.15, 0.2) is 22.0 Å². The minimum absolute atomic E-state index is 0.0198. The number of amides is 1. The van der Waals surface area contributed by atoms with Gasteiger partial charge in [-0.25, -0.2) is 0 Å². The van der Waals surface area contributed by atoms with E-state index >= 15 is 0 Å². The number of phenols is 1. The molecule has 0 spiro atoms. The lowest BCUT2D eigenvalue weighted by molar-refractivity contribution is -0.386. The Morgan fingerprint density at radius 1 is 1.36 bits per heavy atom. The number of carbonyl (C=O) groups excluding carboxylic acids is 1. The molecule has 1 saturated heterocycles. The van der Waals surface area contributed by atoms with Crippen LogP contribution in [-0.4, -0.2) is 46.2 Å². The molecule has 2 aliphatic heterocycles. The number of aliphatic imine (C=N–C) groups is 1. The monoisotopic (exact) mass is 363 g/mol. The van der Waals surface area contributed by atoms with E-state index in [0.717, 1.165) is 25.9 Å². The molecule has 1 aromatic carbocycles. The minimum atomic E-state index is -0.695. The van der Waals surface area contributed by atoms with Gasteiger partial charge in [-0.2, -0.15) is 4.99 Å². The molecule has 0 bridgehead atoms. The molecule has 2 heterocycles. The molecule has 132 valence electrons. The molecule has 1 fully saturated rings. The molecule has 2 aliphatic rings. The number of carbonyl (C=O) groups is 1. The number of amidine groups is 1. The summed E-state index contributed by atoms with van der Waals surface area (Å²) in [6, 6.07) is 2.65. The third kappa shape index (κ3) is 3.60. The fourth-order valence-corrected chi connectivity index (χ4v) is 3.73. The third-order valence-electron chi connectivity index (χ3n) is 4.03. The van der Waals surface area contributed by atoms with Gasteiger partial charge in [-0.15, -0.1) is 0 Å². The van der Waals surface area contributed by atoms with Crippen LogP contribution in [0, 0.1) is 10.1 Å². The molecule has 0 atom stereocenters. The van der Waals surface area contributed by atoms with E-state index in [-0.39, 0.29) is 11.7 Å². The van der Waals surface area contributed by atoms with Crippen molar-refractivity contribution in [3.05, 3.63) is 32.7 Å². The predicted molar refractivity (Wildman–Crippen MR) is 94.7 cm³/mol. The Hall–Kier alpha value is -2.55. The predicted octanol–water partition coefficient (Wildman–Crippen LogP) is 2.77. The van der Waals surface area contributed by atoms with Crippen molar-refractivity contribution in [2.24, 2.45) is 4.99 Å². The smallest absolute Gasteiger partial charge is 0.315 e. The number of methoxy groups -OCH3 is 1. The van der Waals surface area contributed by atoms with Crippen LogP contribution in [0.3, 0.4) is 0 Å². The van der Waals surface area contributed by atoms with Crippen molar-refractivity contribution in [1.82, 2.24) is 4.90 Å². The molecule has 0 saturated carbocycles. The van der Waals surface area contributed by atoms with E-state index in [2.05, 4.69) is 9.89 Å². The summed E-state index contributed by atoms with van der Waals surface area (Å²) >= 11 is 1.27. The maximum absolute atomic E-state index is 12.2. The molecule has 8 nitrogen and oxygen atoms in total. The van der Waals surface area contributed by atoms with Gasteiger partial charge in [0.2, 0.25) is 5.75 Å². The molecule has 0 aliphatic carbocycles. The lowest BCUT2D eigenvalue weighted by Gasteiger charge is -2.27. The van der Waals surface area contributed by atoms with Gasteiger partial charge in [0.25, 0.3) is 5.91 Å². The number of hydrogen-bond donors (Lipinski definition) is 1. The number of hydrogen-bond acceptors (Lipinski definition) is 7. The number of ether oxygens (including phenoxy) is 1. The Morgan fingerprint density at radius 2 is 2.08 bits per heavy atom. The molecular weight excluding hydrogens is 346 g/mol. The topological polar surface area (TPSA) is 105 Å². The van der Waals surface area contributed by atoms with Gasteiger partial charge >= 0.3 is 5.69 Å². The van der Waals surface area contributed by atoms with E-state index < -0.39 is 16.4 Å². The van der Waals surface area contributed by atoms with E-state index in [0.29, 0.717) is 15.6 Å². The van der Waals surface area contributed by atoms with Crippen LogP contribution < -0.4 is 4.74 Å². The first-order valence-electron chi connectivity index (χ1n) is 7.82. The Labute approximate surface area is 148 Å². The van der Waals surface area contributed by atoms with Crippen LogP contribution in [-0.2, 0) is 4.79 Å². The fourth-order valence-electron chi connectivity index (χ4n) is 2.76. The SMILES string of the molecule is COc1cc(/C=C2\SC(N3CCCCC3)=NC2=O)cc([N+](=O)[O-])c1O. The van der Waals surface area contributed by atoms with E-state index in [1.54, 1.807) is 0 Å². The lowest BCUT2D eigenvalue weighted by Crippen LogP contribution is -2.33. The minimum Gasteiger partial charge on any atom is -0.500 e. The first kappa shape index (κ1) is 17.3. The van der Waals surface area contributed by atoms with Crippen molar-refractivity contribution in [1.29, 1.82) is 0 Å². The van der Waals surface area contributed by atoms with Gasteiger partial charge in [0.1, 0.15) is 0 Å².